The van der Waals surface area contributed by atoms with Gasteiger partial charge in [0.05, 0.1) is 7.11 Å². The fraction of sp³-hybridized carbons (Fsp3) is 0.571. The molecule has 0 unspecified atom stereocenters. The summed E-state index contributed by atoms with van der Waals surface area (Å²) in [6.07, 6.45) is 5.27. The molecule has 1 saturated carbocycles. The normalized spacial score (nSPS) is 16.2. The number of methoxy groups -OCH3 is 1. The number of nitrogens with zero attached hydrogens (tertiary/aromatic N) is 1. The summed E-state index contributed by atoms with van der Waals surface area (Å²) in [7, 11) is 3.88. The maximum absolute atomic E-state index is 5.81. The zero-order valence-electron chi connectivity index (χ0n) is 10.8. The summed E-state index contributed by atoms with van der Waals surface area (Å²) in [5.41, 5.74) is 8.23. The van der Waals surface area contributed by atoms with Gasteiger partial charge in [0.25, 0.3) is 0 Å². The SMILES string of the molecule is COc1ccc(CN)c(N(C)C2CCCC2)c1. The number of anilines is 1. The van der Waals surface area contributed by atoms with Gasteiger partial charge in [-0.2, -0.15) is 0 Å². The molecule has 3 nitrogen and oxygen atoms in total. The number of benzene rings is 1. The third-order valence-corrected chi connectivity index (χ3v) is 3.76. The lowest BCUT2D eigenvalue weighted by molar-refractivity contribution is 0.414. The lowest BCUT2D eigenvalue weighted by Gasteiger charge is -2.28. The second kappa shape index (κ2) is 5.41. The molecule has 0 atom stereocenters. The highest BCUT2D eigenvalue weighted by Crippen LogP contribution is 2.31. The number of hydrogen-bond donors (Lipinski definition) is 1. The van der Waals surface area contributed by atoms with E-state index >= 15 is 0 Å². The van der Waals surface area contributed by atoms with Crippen molar-refractivity contribution in [3.05, 3.63) is 23.8 Å². The van der Waals surface area contributed by atoms with Crippen LogP contribution >= 0.6 is 0 Å². The van der Waals surface area contributed by atoms with Gasteiger partial charge in [-0.1, -0.05) is 18.9 Å². The Hall–Kier alpha value is -1.22. The molecule has 0 heterocycles. The molecule has 0 saturated heterocycles. The third-order valence-electron chi connectivity index (χ3n) is 3.76. The highest BCUT2D eigenvalue weighted by Gasteiger charge is 2.21. The summed E-state index contributed by atoms with van der Waals surface area (Å²) in [6, 6.07) is 6.81. The van der Waals surface area contributed by atoms with E-state index in [1.165, 1.54) is 36.9 Å². The highest BCUT2D eigenvalue weighted by molar-refractivity contribution is 5.57. The molecule has 1 aliphatic rings. The van der Waals surface area contributed by atoms with Crippen molar-refractivity contribution in [1.82, 2.24) is 0 Å². The molecular formula is C14H22N2O. The largest absolute Gasteiger partial charge is 0.497 e. The first-order valence-electron chi connectivity index (χ1n) is 6.36. The van der Waals surface area contributed by atoms with Gasteiger partial charge >= 0.3 is 0 Å². The number of hydrogen-bond acceptors (Lipinski definition) is 3. The molecule has 0 spiro atoms. The lowest BCUT2D eigenvalue weighted by Crippen LogP contribution is -2.30. The van der Waals surface area contributed by atoms with Gasteiger partial charge in [0.2, 0.25) is 0 Å². The Morgan fingerprint density at radius 1 is 1.35 bits per heavy atom. The van der Waals surface area contributed by atoms with E-state index in [1.54, 1.807) is 7.11 Å². The second-order valence-electron chi connectivity index (χ2n) is 4.75. The maximum atomic E-state index is 5.81. The second-order valence-corrected chi connectivity index (χ2v) is 4.75. The van der Waals surface area contributed by atoms with Crippen molar-refractivity contribution < 1.29 is 4.74 Å². The average Bonchev–Trinajstić information content (AvgIpc) is 2.91. The van der Waals surface area contributed by atoms with E-state index in [-0.39, 0.29) is 0 Å². The molecule has 2 rings (SSSR count). The van der Waals surface area contributed by atoms with Crippen molar-refractivity contribution in [2.45, 2.75) is 38.3 Å². The van der Waals surface area contributed by atoms with Gasteiger partial charge < -0.3 is 15.4 Å². The minimum Gasteiger partial charge on any atom is -0.497 e. The van der Waals surface area contributed by atoms with Gasteiger partial charge in [0.1, 0.15) is 5.75 Å². The van der Waals surface area contributed by atoms with Crippen LogP contribution in [0.4, 0.5) is 5.69 Å². The average molecular weight is 234 g/mol. The molecule has 3 heteroatoms. The number of rotatable bonds is 4. The van der Waals surface area contributed by atoms with Crippen LogP contribution in [0.25, 0.3) is 0 Å². The quantitative estimate of drug-likeness (QED) is 0.870. The molecule has 2 N–H and O–H groups in total. The summed E-state index contributed by atoms with van der Waals surface area (Å²) in [5, 5.41) is 0. The molecule has 0 aliphatic heterocycles. The highest BCUT2D eigenvalue weighted by atomic mass is 16.5. The fourth-order valence-electron chi connectivity index (χ4n) is 2.66. The van der Waals surface area contributed by atoms with Crippen LogP contribution in [0.15, 0.2) is 18.2 Å². The zero-order valence-corrected chi connectivity index (χ0v) is 10.8. The zero-order chi connectivity index (χ0) is 12.3. The minimum absolute atomic E-state index is 0.580. The Labute approximate surface area is 104 Å². The topological polar surface area (TPSA) is 38.5 Å². The van der Waals surface area contributed by atoms with Gasteiger partial charge in [-0.15, -0.1) is 0 Å². The van der Waals surface area contributed by atoms with Crippen LogP contribution in [0.1, 0.15) is 31.2 Å². The summed E-state index contributed by atoms with van der Waals surface area (Å²) in [6.45, 7) is 0.580. The van der Waals surface area contributed by atoms with E-state index in [9.17, 15) is 0 Å². The van der Waals surface area contributed by atoms with Crippen LogP contribution in [0.5, 0.6) is 5.75 Å². The molecule has 94 valence electrons. The van der Waals surface area contributed by atoms with Crippen molar-refractivity contribution in [2.24, 2.45) is 5.73 Å². The Bertz CT molecular complexity index is 372. The van der Waals surface area contributed by atoms with Crippen LogP contribution in [-0.4, -0.2) is 20.2 Å². The predicted octanol–water partition coefficient (Wildman–Crippen LogP) is 2.53. The van der Waals surface area contributed by atoms with Crippen molar-refractivity contribution in [2.75, 3.05) is 19.1 Å². The Morgan fingerprint density at radius 2 is 2.06 bits per heavy atom. The van der Waals surface area contributed by atoms with E-state index in [2.05, 4.69) is 24.1 Å². The molecular weight excluding hydrogens is 212 g/mol. The molecule has 0 amide bonds. The Kier molecular flexibility index (Phi) is 3.89. The molecule has 1 aliphatic carbocycles. The van der Waals surface area contributed by atoms with Crippen LogP contribution in [-0.2, 0) is 6.54 Å². The van der Waals surface area contributed by atoms with E-state index in [0.717, 1.165) is 5.75 Å². The first-order valence-corrected chi connectivity index (χ1v) is 6.36. The van der Waals surface area contributed by atoms with E-state index < -0.39 is 0 Å². The summed E-state index contributed by atoms with van der Waals surface area (Å²) in [5.74, 6) is 0.905. The molecule has 0 bridgehead atoms. The molecule has 17 heavy (non-hydrogen) atoms. The van der Waals surface area contributed by atoms with Crippen molar-refractivity contribution in [3.63, 3.8) is 0 Å². The van der Waals surface area contributed by atoms with E-state index in [0.29, 0.717) is 12.6 Å². The van der Waals surface area contributed by atoms with Crippen LogP contribution in [0, 0.1) is 0 Å². The van der Waals surface area contributed by atoms with Crippen LogP contribution in [0.3, 0.4) is 0 Å². The van der Waals surface area contributed by atoms with Crippen LogP contribution < -0.4 is 15.4 Å². The number of ether oxygens (including phenoxy) is 1. The molecule has 1 fully saturated rings. The molecule has 1 aromatic carbocycles. The first-order chi connectivity index (χ1) is 8.26. The Morgan fingerprint density at radius 3 is 2.65 bits per heavy atom. The molecule has 0 aromatic heterocycles. The van der Waals surface area contributed by atoms with Gasteiger partial charge in [0, 0.05) is 31.4 Å². The van der Waals surface area contributed by atoms with Crippen molar-refractivity contribution >= 4 is 5.69 Å². The van der Waals surface area contributed by atoms with Gasteiger partial charge in [-0.25, -0.2) is 0 Å². The lowest BCUT2D eigenvalue weighted by atomic mass is 10.1. The van der Waals surface area contributed by atoms with Gasteiger partial charge in [-0.05, 0) is 24.5 Å². The minimum atomic E-state index is 0.580. The van der Waals surface area contributed by atoms with Gasteiger partial charge in [0.15, 0.2) is 0 Å². The van der Waals surface area contributed by atoms with Gasteiger partial charge in [-0.3, -0.25) is 0 Å². The molecule has 0 radical (unpaired) electrons. The summed E-state index contributed by atoms with van der Waals surface area (Å²) < 4.78 is 5.30. The van der Waals surface area contributed by atoms with E-state index in [4.69, 9.17) is 10.5 Å². The predicted molar refractivity (Wildman–Crippen MR) is 71.5 cm³/mol. The monoisotopic (exact) mass is 234 g/mol. The fourth-order valence-corrected chi connectivity index (χ4v) is 2.66. The van der Waals surface area contributed by atoms with Crippen molar-refractivity contribution in [3.8, 4) is 5.75 Å². The molecule has 1 aromatic rings. The van der Waals surface area contributed by atoms with Crippen LogP contribution in [0.2, 0.25) is 0 Å². The standard InChI is InChI=1S/C14H22N2O/c1-16(12-5-3-4-6-12)14-9-13(17-2)8-7-11(14)10-15/h7-9,12H,3-6,10,15H2,1-2H3. The third kappa shape index (κ3) is 2.55. The van der Waals surface area contributed by atoms with Crippen molar-refractivity contribution in [1.29, 1.82) is 0 Å². The Balaban J connectivity index is 2.27. The van der Waals surface area contributed by atoms with E-state index in [1.807, 2.05) is 6.07 Å². The summed E-state index contributed by atoms with van der Waals surface area (Å²) in [4.78, 5) is 2.37. The first kappa shape index (κ1) is 12.2. The number of nitrogens with two attached hydrogens (primary N) is 1. The smallest absolute Gasteiger partial charge is 0.120 e. The maximum Gasteiger partial charge on any atom is 0.120 e. The summed E-state index contributed by atoms with van der Waals surface area (Å²) >= 11 is 0.